The number of piperidine rings is 1. The Hall–Kier alpha value is -1.36. The summed E-state index contributed by atoms with van der Waals surface area (Å²) in [6.45, 7) is 6.28. The summed E-state index contributed by atoms with van der Waals surface area (Å²) in [5.41, 5.74) is 0. The molecule has 0 aromatic carbocycles. The molecule has 1 aliphatic rings. The van der Waals surface area contributed by atoms with Crippen molar-refractivity contribution in [3.63, 3.8) is 0 Å². The van der Waals surface area contributed by atoms with E-state index in [9.17, 15) is 4.79 Å². The molecule has 0 aliphatic carbocycles. The van der Waals surface area contributed by atoms with Gasteiger partial charge in [-0.2, -0.15) is 5.10 Å². The molecule has 2 heterocycles. The maximum atomic E-state index is 12.0. The number of anilines is 1. The van der Waals surface area contributed by atoms with Gasteiger partial charge in [-0.05, 0) is 52.1 Å². The summed E-state index contributed by atoms with van der Waals surface area (Å²) in [5, 5.41) is 10.5. The molecule has 1 saturated heterocycles. The molecule has 1 unspecified atom stereocenters. The third-order valence-corrected chi connectivity index (χ3v) is 3.61. The van der Waals surface area contributed by atoms with Gasteiger partial charge in [-0.3, -0.25) is 4.79 Å². The van der Waals surface area contributed by atoms with E-state index in [1.807, 2.05) is 10.7 Å². The van der Waals surface area contributed by atoms with Crippen LogP contribution in [-0.2, 0) is 4.79 Å². The minimum Gasteiger partial charge on any atom is -0.316 e. The first-order chi connectivity index (χ1) is 9.16. The fourth-order valence-electron chi connectivity index (χ4n) is 2.54. The van der Waals surface area contributed by atoms with E-state index in [1.54, 1.807) is 6.20 Å². The fourth-order valence-corrected chi connectivity index (χ4v) is 2.54. The molecule has 1 atom stereocenters. The second kappa shape index (κ2) is 6.70. The van der Waals surface area contributed by atoms with Crippen molar-refractivity contribution in [1.82, 2.24) is 15.1 Å². The van der Waals surface area contributed by atoms with Crippen LogP contribution in [0.15, 0.2) is 12.3 Å². The molecule has 2 N–H and O–H groups in total. The highest BCUT2D eigenvalue weighted by molar-refractivity contribution is 5.89. The van der Waals surface area contributed by atoms with Gasteiger partial charge in [0.05, 0.1) is 6.20 Å². The standard InChI is InChI=1S/C14H24N4O/c1-11(2)18-13(7-9-16-18)17-14(19)6-5-12-4-3-8-15-10-12/h7,9,11-12,15H,3-6,8,10H2,1-2H3,(H,17,19). The molecule has 19 heavy (non-hydrogen) atoms. The topological polar surface area (TPSA) is 59.0 Å². The largest absolute Gasteiger partial charge is 0.316 e. The highest BCUT2D eigenvalue weighted by Crippen LogP contribution is 2.17. The molecular weight excluding hydrogens is 240 g/mol. The van der Waals surface area contributed by atoms with Crippen molar-refractivity contribution in [1.29, 1.82) is 0 Å². The van der Waals surface area contributed by atoms with Crippen LogP contribution in [0.3, 0.4) is 0 Å². The lowest BCUT2D eigenvalue weighted by Gasteiger charge is -2.22. The lowest BCUT2D eigenvalue weighted by Crippen LogP contribution is -2.30. The van der Waals surface area contributed by atoms with E-state index in [2.05, 4.69) is 29.6 Å². The SMILES string of the molecule is CC(C)n1nccc1NC(=O)CCC1CCCNC1. The predicted octanol–water partition coefficient (Wildman–Crippen LogP) is 2.18. The molecule has 1 amide bonds. The van der Waals surface area contributed by atoms with Gasteiger partial charge in [0.25, 0.3) is 0 Å². The average Bonchev–Trinajstić information content (AvgIpc) is 2.86. The minimum absolute atomic E-state index is 0.0907. The predicted molar refractivity (Wildman–Crippen MR) is 76.1 cm³/mol. The van der Waals surface area contributed by atoms with Gasteiger partial charge in [0.1, 0.15) is 5.82 Å². The lowest BCUT2D eigenvalue weighted by molar-refractivity contribution is -0.116. The van der Waals surface area contributed by atoms with Crippen LogP contribution in [0.25, 0.3) is 0 Å². The van der Waals surface area contributed by atoms with Crippen LogP contribution in [0, 0.1) is 5.92 Å². The lowest BCUT2D eigenvalue weighted by atomic mass is 9.94. The maximum absolute atomic E-state index is 12.0. The van der Waals surface area contributed by atoms with Crippen LogP contribution in [0.1, 0.15) is 45.6 Å². The Bertz CT molecular complexity index is 407. The van der Waals surface area contributed by atoms with Gasteiger partial charge in [0, 0.05) is 18.5 Å². The number of nitrogens with one attached hydrogen (secondary N) is 2. The van der Waals surface area contributed by atoms with Crippen molar-refractivity contribution in [2.45, 2.75) is 45.6 Å². The van der Waals surface area contributed by atoms with Crippen molar-refractivity contribution < 1.29 is 4.79 Å². The number of hydrogen-bond donors (Lipinski definition) is 2. The maximum Gasteiger partial charge on any atom is 0.225 e. The van der Waals surface area contributed by atoms with Gasteiger partial charge in [-0.15, -0.1) is 0 Å². The Morgan fingerprint density at radius 2 is 2.47 bits per heavy atom. The molecule has 0 bridgehead atoms. The Balaban J connectivity index is 1.78. The second-order valence-electron chi connectivity index (χ2n) is 5.55. The zero-order valence-corrected chi connectivity index (χ0v) is 11.9. The molecule has 0 spiro atoms. The minimum atomic E-state index is 0.0907. The van der Waals surface area contributed by atoms with Crippen molar-refractivity contribution in [2.24, 2.45) is 5.92 Å². The fraction of sp³-hybridized carbons (Fsp3) is 0.714. The molecule has 106 valence electrons. The van der Waals surface area contributed by atoms with E-state index in [-0.39, 0.29) is 11.9 Å². The highest BCUT2D eigenvalue weighted by atomic mass is 16.1. The van der Waals surface area contributed by atoms with Crippen molar-refractivity contribution in [3.05, 3.63) is 12.3 Å². The number of nitrogens with zero attached hydrogens (tertiary/aromatic N) is 2. The molecule has 0 radical (unpaired) electrons. The quantitative estimate of drug-likeness (QED) is 0.857. The summed E-state index contributed by atoms with van der Waals surface area (Å²) in [5.74, 6) is 1.53. The molecule has 1 fully saturated rings. The van der Waals surface area contributed by atoms with Crippen molar-refractivity contribution >= 4 is 11.7 Å². The number of hydrogen-bond acceptors (Lipinski definition) is 3. The van der Waals surface area contributed by atoms with E-state index in [4.69, 9.17) is 0 Å². The van der Waals surface area contributed by atoms with Crippen LogP contribution < -0.4 is 10.6 Å². The Kier molecular flexibility index (Phi) is 4.96. The van der Waals surface area contributed by atoms with E-state index >= 15 is 0 Å². The van der Waals surface area contributed by atoms with Gasteiger partial charge in [-0.1, -0.05) is 0 Å². The Labute approximate surface area is 114 Å². The summed E-state index contributed by atoms with van der Waals surface area (Å²) < 4.78 is 1.83. The van der Waals surface area contributed by atoms with Gasteiger partial charge in [-0.25, -0.2) is 4.68 Å². The molecule has 1 aliphatic heterocycles. The monoisotopic (exact) mass is 264 g/mol. The van der Waals surface area contributed by atoms with Crippen molar-refractivity contribution in [3.8, 4) is 0 Å². The normalized spacial score (nSPS) is 19.6. The van der Waals surface area contributed by atoms with Gasteiger partial charge >= 0.3 is 0 Å². The summed E-state index contributed by atoms with van der Waals surface area (Å²) in [7, 11) is 0. The first-order valence-corrected chi connectivity index (χ1v) is 7.21. The van der Waals surface area contributed by atoms with Crippen LogP contribution in [-0.4, -0.2) is 28.8 Å². The summed E-state index contributed by atoms with van der Waals surface area (Å²) in [6.07, 6.45) is 5.75. The highest BCUT2D eigenvalue weighted by Gasteiger charge is 2.15. The molecule has 5 nitrogen and oxygen atoms in total. The van der Waals surface area contributed by atoms with E-state index in [1.165, 1.54) is 12.8 Å². The van der Waals surface area contributed by atoms with Gasteiger partial charge in [0.2, 0.25) is 5.91 Å². The second-order valence-corrected chi connectivity index (χ2v) is 5.55. The molecular formula is C14H24N4O. The zero-order valence-electron chi connectivity index (χ0n) is 11.9. The Morgan fingerprint density at radius 1 is 1.63 bits per heavy atom. The summed E-state index contributed by atoms with van der Waals surface area (Å²) in [6, 6.07) is 2.10. The third kappa shape index (κ3) is 4.06. The summed E-state index contributed by atoms with van der Waals surface area (Å²) >= 11 is 0. The Morgan fingerprint density at radius 3 is 3.16 bits per heavy atom. The number of amides is 1. The molecule has 5 heteroatoms. The van der Waals surface area contributed by atoms with Crippen LogP contribution >= 0.6 is 0 Å². The van der Waals surface area contributed by atoms with Gasteiger partial charge in [0.15, 0.2) is 0 Å². The first-order valence-electron chi connectivity index (χ1n) is 7.21. The number of aromatic nitrogens is 2. The molecule has 0 saturated carbocycles. The first kappa shape index (κ1) is 14.1. The van der Waals surface area contributed by atoms with E-state index < -0.39 is 0 Å². The smallest absolute Gasteiger partial charge is 0.225 e. The number of rotatable bonds is 5. The van der Waals surface area contributed by atoms with Crippen LogP contribution in [0.4, 0.5) is 5.82 Å². The third-order valence-electron chi connectivity index (χ3n) is 3.61. The average molecular weight is 264 g/mol. The zero-order chi connectivity index (χ0) is 13.7. The van der Waals surface area contributed by atoms with E-state index in [0.29, 0.717) is 12.3 Å². The number of carbonyl (C=O) groups excluding carboxylic acids is 1. The molecule has 2 rings (SSSR count). The molecule has 1 aromatic rings. The van der Waals surface area contributed by atoms with Gasteiger partial charge < -0.3 is 10.6 Å². The van der Waals surface area contributed by atoms with E-state index in [0.717, 1.165) is 25.3 Å². The van der Waals surface area contributed by atoms with Crippen molar-refractivity contribution in [2.75, 3.05) is 18.4 Å². The summed E-state index contributed by atoms with van der Waals surface area (Å²) in [4.78, 5) is 12.0. The van der Waals surface area contributed by atoms with Crippen LogP contribution in [0.5, 0.6) is 0 Å². The number of carbonyl (C=O) groups is 1. The van der Waals surface area contributed by atoms with Crippen LogP contribution in [0.2, 0.25) is 0 Å². The molecule has 1 aromatic heterocycles.